The largest absolute Gasteiger partial charge is 0.369 e. The zero-order chi connectivity index (χ0) is 14.5. The van der Waals surface area contributed by atoms with Crippen LogP contribution in [0, 0.1) is 22.7 Å². The second-order valence-corrected chi connectivity index (χ2v) is 4.23. The van der Waals surface area contributed by atoms with E-state index in [-0.39, 0.29) is 17.0 Å². The summed E-state index contributed by atoms with van der Waals surface area (Å²) in [7, 11) is 1.47. The molecule has 0 radical (unpaired) electrons. The van der Waals surface area contributed by atoms with Gasteiger partial charge >= 0.3 is 0 Å². The third-order valence-electron chi connectivity index (χ3n) is 3.12. The minimum Gasteiger partial charge on any atom is -0.369 e. The lowest BCUT2D eigenvalue weighted by molar-refractivity contribution is -0.136. The normalized spacial score (nSPS) is 12.9. The first-order valence-electron chi connectivity index (χ1n) is 5.81. The van der Waals surface area contributed by atoms with Gasteiger partial charge in [-0.15, -0.1) is 0 Å². The lowest BCUT2D eigenvalue weighted by atomic mass is 10.0. The minimum absolute atomic E-state index is 0.232. The molecule has 0 aromatic heterocycles. The Balaban J connectivity index is 2.99. The summed E-state index contributed by atoms with van der Waals surface area (Å²) in [6.45, 7) is 3.54. The van der Waals surface area contributed by atoms with Crippen LogP contribution in [0.15, 0.2) is 18.2 Å². The van der Waals surface area contributed by atoms with Crippen molar-refractivity contribution in [3.63, 3.8) is 0 Å². The number of nitriles is 2. The van der Waals surface area contributed by atoms with Crippen molar-refractivity contribution in [2.75, 3.05) is 12.4 Å². The number of carbonyl (C=O) groups is 1. The molecule has 0 heterocycles. The van der Waals surface area contributed by atoms with Crippen molar-refractivity contribution in [3.8, 4) is 12.1 Å². The van der Waals surface area contributed by atoms with Crippen LogP contribution < -0.4 is 5.32 Å². The van der Waals surface area contributed by atoms with E-state index >= 15 is 0 Å². The number of nitrogens with zero attached hydrogens (tertiary/aromatic N) is 2. The van der Waals surface area contributed by atoms with Crippen molar-refractivity contribution in [1.29, 1.82) is 10.5 Å². The standard InChI is InChI=1S/C14H15N3O2/c1-4-14(2,19-3)13(18)17-12-6-5-10(8-15)11(7-12)9-16/h5-7H,4H2,1-3H3,(H,17,18). The topological polar surface area (TPSA) is 85.9 Å². The van der Waals surface area contributed by atoms with E-state index in [9.17, 15) is 4.79 Å². The molecule has 19 heavy (non-hydrogen) atoms. The van der Waals surface area contributed by atoms with Gasteiger partial charge in [-0.25, -0.2) is 0 Å². The lowest BCUT2D eigenvalue weighted by Crippen LogP contribution is -2.41. The Morgan fingerprint density at radius 2 is 2.00 bits per heavy atom. The highest BCUT2D eigenvalue weighted by molar-refractivity contribution is 5.97. The fourth-order valence-corrected chi connectivity index (χ4v) is 1.47. The van der Waals surface area contributed by atoms with E-state index in [1.807, 2.05) is 19.1 Å². The second-order valence-electron chi connectivity index (χ2n) is 4.23. The highest BCUT2D eigenvalue weighted by Crippen LogP contribution is 2.19. The van der Waals surface area contributed by atoms with Gasteiger partial charge < -0.3 is 10.1 Å². The van der Waals surface area contributed by atoms with Crippen LogP contribution in [-0.4, -0.2) is 18.6 Å². The Morgan fingerprint density at radius 1 is 1.37 bits per heavy atom. The summed E-state index contributed by atoms with van der Waals surface area (Å²) in [5, 5.41) is 20.4. The molecular weight excluding hydrogens is 242 g/mol. The average Bonchev–Trinajstić information content (AvgIpc) is 2.45. The fraction of sp³-hybridized carbons (Fsp3) is 0.357. The van der Waals surface area contributed by atoms with Gasteiger partial charge in [0, 0.05) is 12.8 Å². The first-order valence-corrected chi connectivity index (χ1v) is 5.81. The van der Waals surface area contributed by atoms with Crippen LogP contribution in [0.5, 0.6) is 0 Å². The van der Waals surface area contributed by atoms with Gasteiger partial charge in [-0.2, -0.15) is 10.5 Å². The summed E-state index contributed by atoms with van der Waals surface area (Å²) in [5.74, 6) is -0.286. The molecule has 0 bridgehead atoms. The van der Waals surface area contributed by atoms with Gasteiger partial charge in [0.2, 0.25) is 0 Å². The Hall–Kier alpha value is -2.37. The first kappa shape index (κ1) is 14.7. The van der Waals surface area contributed by atoms with Crippen molar-refractivity contribution < 1.29 is 9.53 Å². The Kier molecular flexibility index (Phi) is 4.63. The van der Waals surface area contributed by atoms with Crippen LogP contribution in [-0.2, 0) is 9.53 Å². The van der Waals surface area contributed by atoms with Crippen LogP contribution in [0.2, 0.25) is 0 Å². The number of ether oxygens (including phenoxy) is 1. The monoisotopic (exact) mass is 257 g/mol. The molecule has 0 spiro atoms. The molecule has 0 saturated carbocycles. The van der Waals surface area contributed by atoms with E-state index in [1.54, 1.807) is 13.0 Å². The molecule has 0 fully saturated rings. The zero-order valence-corrected chi connectivity index (χ0v) is 11.2. The number of hydrogen-bond donors (Lipinski definition) is 1. The minimum atomic E-state index is -0.916. The maximum absolute atomic E-state index is 12.1. The van der Waals surface area contributed by atoms with Gasteiger partial charge in [-0.1, -0.05) is 6.92 Å². The molecule has 1 N–H and O–H groups in total. The average molecular weight is 257 g/mol. The maximum Gasteiger partial charge on any atom is 0.256 e. The molecule has 1 aromatic carbocycles. The smallest absolute Gasteiger partial charge is 0.256 e. The maximum atomic E-state index is 12.1. The molecular formula is C14H15N3O2. The molecule has 1 amide bonds. The number of amides is 1. The third-order valence-corrected chi connectivity index (χ3v) is 3.12. The number of methoxy groups -OCH3 is 1. The highest BCUT2D eigenvalue weighted by atomic mass is 16.5. The number of carbonyl (C=O) groups excluding carboxylic acids is 1. The lowest BCUT2D eigenvalue weighted by Gasteiger charge is -2.25. The summed E-state index contributed by atoms with van der Waals surface area (Å²) < 4.78 is 5.19. The van der Waals surface area contributed by atoms with E-state index in [4.69, 9.17) is 15.3 Å². The summed E-state index contributed by atoms with van der Waals surface area (Å²) in [5.41, 5.74) is 0.0689. The van der Waals surface area contributed by atoms with Crippen molar-refractivity contribution >= 4 is 11.6 Å². The number of nitrogens with one attached hydrogen (secondary N) is 1. The number of benzene rings is 1. The van der Waals surface area contributed by atoms with Crippen LogP contribution in [0.3, 0.4) is 0 Å². The van der Waals surface area contributed by atoms with Gasteiger partial charge in [0.05, 0.1) is 11.1 Å². The zero-order valence-electron chi connectivity index (χ0n) is 11.2. The van der Waals surface area contributed by atoms with Crippen molar-refractivity contribution in [2.45, 2.75) is 25.9 Å². The first-order chi connectivity index (χ1) is 9.00. The van der Waals surface area contributed by atoms with Crippen LogP contribution in [0.1, 0.15) is 31.4 Å². The van der Waals surface area contributed by atoms with Crippen LogP contribution >= 0.6 is 0 Å². The van der Waals surface area contributed by atoms with E-state index in [1.165, 1.54) is 19.2 Å². The molecule has 5 nitrogen and oxygen atoms in total. The predicted octanol–water partition coefficient (Wildman–Crippen LogP) is 2.18. The number of anilines is 1. The molecule has 0 aliphatic carbocycles. The van der Waals surface area contributed by atoms with Gasteiger partial charge in [-0.05, 0) is 31.5 Å². The Morgan fingerprint density at radius 3 is 2.47 bits per heavy atom. The van der Waals surface area contributed by atoms with Gasteiger partial charge in [0.15, 0.2) is 0 Å². The molecule has 1 atom stereocenters. The van der Waals surface area contributed by atoms with E-state index < -0.39 is 5.60 Å². The SMILES string of the molecule is CCC(C)(OC)C(=O)Nc1ccc(C#N)c(C#N)c1. The highest BCUT2D eigenvalue weighted by Gasteiger charge is 2.30. The fourth-order valence-electron chi connectivity index (χ4n) is 1.47. The molecule has 98 valence electrons. The second kappa shape index (κ2) is 5.99. The van der Waals surface area contributed by atoms with Crippen LogP contribution in [0.4, 0.5) is 5.69 Å². The quantitative estimate of drug-likeness (QED) is 0.895. The molecule has 1 rings (SSSR count). The van der Waals surface area contributed by atoms with E-state index in [0.29, 0.717) is 12.1 Å². The molecule has 5 heteroatoms. The van der Waals surface area contributed by atoms with Crippen LogP contribution in [0.25, 0.3) is 0 Å². The number of rotatable bonds is 4. The summed E-state index contributed by atoms with van der Waals surface area (Å²) in [6, 6.07) is 8.41. The molecule has 0 aliphatic rings. The molecule has 1 unspecified atom stereocenters. The Labute approximate surface area is 112 Å². The third kappa shape index (κ3) is 3.09. The molecule has 0 aliphatic heterocycles. The Bertz CT molecular complexity index is 563. The molecule has 1 aromatic rings. The van der Waals surface area contributed by atoms with Gasteiger partial charge in [0.1, 0.15) is 17.7 Å². The van der Waals surface area contributed by atoms with Crippen molar-refractivity contribution in [1.82, 2.24) is 0 Å². The van der Waals surface area contributed by atoms with E-state index in [0.717, 1.165) is 0 Å². The van der Waals surface area contributed by atoms with Gasteiger partial charge in [-0.3, -0.25) is 4.79 Å². The summed E-state index contributed by atoms with van der Waals surface area (Å²) in [4.78, 5) is 12.1. The molecule has 0 saturated heterocycles. The van der Waals surface area contributed by atoms with Crippen molar-refractivity contribution in [2.24, 2.45) is 0 Å². The van der Waals surface area contributed by atoms with E-state index in [2.05, 4.69) is 5.32 Å². The van der Waals surface area contributed by atoms with Gasteiger partial charge in [0.25, 0.3) is 5.91 Å². The number of hydrogen-bond acceptors (Lipinski definition) is 4. The predicted molar refractivity (Wildman–Crippen MR) is 70.2 cm³/mol. The summed E-state index contributed by atoms with van der Waals surface area (Å²) >= 11 is 0. The van der Waals surface area contributed by atoms with Crippen molar-refractivity contribution in [3.05, 3.63) is 29.3 Å². The summed E-state index contributed by atoms with van der Waals surface area (Å²) in [6.07, 6.45) is 0.525.